The summed E-state index contributed by atoms with van der Waals surface area (Å²) in [6.07, 6.45) is 8.80. The van der Waals surface area contributed by atoms with Gasteiger partial charge in [0.25, 0.3) is 11.5 Å². The highest BCUT2D eigenvalue weighted by Gasteiger charge is 2.30. The van der Waals surface area contributed by atoms with Gasteiger partial charge in [0.05, 0.1) is 28.9 Å². The third kappa shape index (κ3) is 4.06. The van der Waals surface area contributed by atoms with Crippen LogP contribution in [-0.4, -0.2) is 34.9 Å². The summed E-state index contributed by atoms with van der Waals surface area (Å²) >= 11 is 0. The molecule has 0 radical (unpaired) electrons. The Balaban J connectivity index is 1.41. The first kappa shape index (κ1) is 22.7. The largest absolute Gasteiger partial charge is 0.344 e. The van der Waals surface area contributed by atoms with Gasteiger partial charge in [-0.1, -0.05) is 24.0 Å². The van der Waals surface area contributed by atoms with Crippen molar-refractivity contribution in [1.82, 2.24) is 34.3 Å². The first-order valence-electron chi connectivity index (χ1n) is 12.2. The zero-order valence-electron chi connectivity index (χ0n) is 20.8. The summed E-state index contributed by atoms with van der Waals surface area (Å²) in [5, 5.41) is 13.0. The average Bonchev–Trinajstić information content (AvgIpc) is 3.53. The number of fused-ring (bicyclic) bond motifs is 2. The molecule has 37 heavy (non-hydrogen) atoms. The van der Waals surface area contributed by atoms with Gasteiger partial charge in [0.2, 0.25) is 0 Å². The maximum atomic E-state index is 13.9. The molecular formula is C28H25N7O2. The fourth-order valence-corrected chi connectivity index (χ4v) is 4.77. The summed E-state index contributed by atoms with van der Waals surface area (Å²) in [6.45, 7) is 3.69. The van der Waals surface area contributed by atoms with Crippen LogP contribution in [-0.2, 0) is 7.05 Å². The number of hydrogen-bond donors (Lipinski definition) is 1. The van der Waals surface area contributed by atoms with Gasteiger partial charge in [0.15, 0.2) is 5.65 Å². The molecule has 1 aliphatic carbocycles. The fourth-order valence-electron chi connectivity index (χ4n) is 4.77. The number of pyridine rings is 1. The molecule has 5 aromatic rings. The third-order valence-corrected chi connectivity index (χ3v) is 6.66. The van der Waals surface area contributed by atoms with Crippen LogP contribution < -0.4 is 10.9 Å². The molecule has 0 aliphatic heterocycles. The Labute approximate surface area is 212 Å². The maximum absolute atomic E-state index is 13.9. The molecule has 1 aliphatic rings. The number of amides is 1. The zero-order chi connectivity index (χ0) is 25.7. The normalized spacial score (nSPS) is 13.9. The molecule has 9 heteroatoms. The lowest BCUT2D eigenvalue weighted by Gasteiger charge is -2.21. The number of carbonyl (C=O) groups is 1. The highest BCUT2D eigenvalue weighted by molar-refractivity contribution is 6.01. The molecule has 0 saturated heterocycles. The summed E-state index contributed by atoms with van der Waals surface area (Å²) in [6, 6.07) is 9.16. The van der Waals surface area contributed by atoms with Crippen molar-refractivity contribution in [2.24, 2.45) is 7.05 Å². The predicted octanol–water partition coefficient (Wildman–Crippen LogP) is 3.31. The summed E-state index contributed by atoms with van der Waals surface area (Å²) in [7, 11) is 1.84. The molecule has 6 rings (SSSR count). The van der Waals surface area contributed by atoms with E-state index in [1.54, 1.807) is 40.8 Å². The fraction of sp³-hybridized carbons (Fsp3) is 0.250. The van der Waals surface area contributed by atoms with Crippen molar-refractivity contribution in [2.45, 2.75) is 38.8 Å². The summed E-state index contributed by atoms with van der Waals surface area (Å²) in [4.78, 5) is 31.5. The minimum atomic E-state index is -0.409. The second-order valence-corrected chi connectivity index (χ2v) is 9.44. The molecule has 1 amide bonds. The molecule has 4 heterocycles. The van der Waals surface area contributed by atoms with Gasteiger partial charge in [-0.25, -0.2) is 9.50 Å². The molecule has 1 atom stereocenters. The number of benzene rings is 1. The Morgan fingerprint density at radius 3 is 2.81 bits per heavy atom. The van der Waals surface area contributed by atoms with Gasteiger partial charge in [-0.2, -0.15) is 10.2 Å². The van der Waals surface area contributed by atoms with Crippen molar-refractivity contribution in [3.63, 3.8) is 0 Å². The molecule has 1 saturated carbocycles. The zero-order valence-corrected chi connectivity index (χ0v) is 20.8. The minimum Gasteiger partial charge on any atom is -0.344 e. The van der Waals surface area contributed by atoms with E-state index >= 15 is 0 Å². The minimum absolute atomic E-state index is 0.0824. The van der Waals surface area contributed by atoms with Crippen LogP contribution in [0.5, 0.6) is 0 Å². The number of nitrogens with one attached hydrogen (secondary N) is 1. The van der Waals surface area contributed by atoms with Crippen molar-refractivity contribution in [2.75, 3.05) is 0 Å². The Hall–Kier alpha value is -4.71. The van der Waals surface area contributed by atoms with Crippen LogP contribution >= 0.6 is 0 Å². The van der Waals surface area contributed by atoms with E-state index in [9.17, 15) is 9.59 Å². The van der Waals surface area contributed by atoms with E-state index in [1.165, 1.54) is 0 Å². The molecular weight excluding hydrogens is 466 g/mol. The quantitative estimate of drug-likeness (QED) is 0.389. The van der Waals surface area contributed by atoms with E-state index < -0.39 is 6.04 Å². The van der Waals surface area contributed by atoms with Gasteiger partial charge in [-0.15, -0.1) is 0 Å². The van der Waals surface area contributed by atoms with Crippen LogP contribution in [0.2, 0.25) is 0 Å². The molecule has 0 unspecified atom stereocenters. The smallest absolute Gasteiger partial charge is 0.260 e. The maximum Gasteiger partial charge on any atom is 0.260 e. The number of nitrogens with zero attached hydrogens (tertiary/aromatic N) is 6. The van der Waals surface area contributed by atoms with Crippen LogP contribution in [0.4, 0.5) is 0 Å². The van der Waals surface area contributed by atoms with Crippen LogP contribution in [0.3, 0.4) is 0 Å². The Morgan fingerprint density at radius 1 is 1.22 bits per heavy atom. The first-order chi connectivity index (χ1) is 17.9. The van der Waals surface area contributed by atoms with Crippen LogP contribution in [0, 0.1) is 18.8 Å². The average molecular weight is 492 g/mol. The second-order valence-electron chi connectivity index (χ2n) is 9.44. The van der Waals surface area contributed by atoms with Crippen molar-refractivity contribution < 1.29 is 4.79 Å². The predicted molar refractivity (Wildman–Crippen MR) is 139 cm³/mol. The van der Waals surface area contributed by atoms with Crippen molar-refractivity contribution in [3.8, 4) is 11.8 Å². The number of aryl methyl sites for hydroxylation is 2. The van der Waals surface area contributed by atoms with Gasteiger partial charge in [-0.3, -0.25) is 14.3 Å². The Bertz CT molecular complexity index is 1810. The van der Waals surface area contributed by atoms with Crippen LogP contribution in [0.25, 0.3) is 16.4 Å². The lowest BCUT2D eigenvalue weighted by Crippen LogP contribution is -2.32. The molecule has 1 fully saturated rings. The van der Waals surface area contributed by atoms with E-state index in [2.05, 4.69) is 32.3 Å². The molecule has 1 N–H and O–H groups in total. The van der Waals surface area contributed by atoms with E-state index in [0.29, 0.717) is 27.9 Å². The molecule has 4 aromatic heterocycles. The van der Waals surface area contributed by atoms with Gasteiger partial charge in [0, 0.05) is 42.9 Å². The van der Waals surface area contributed by atoms with E-state index in [-0.39, 0.29) is 17.5 Å². The molecule has 184 valence electrons. The number of carbonyl (C=O) groups excluding carboxylic acids is 1. The van der Waals surface area contributed by atoms with Crippen LogP contribution in [0.1, 0.15) is 64.7 Å². The summed E-state index contributed by atoms with van der Waals surface area (Å²) < 4.78 is 5.13. The highest BCUT2D eigenvalue weighted by atomic mass is 16.2. The molecule has 1 aromatic carbocycles. The Kier molecular flexibility index (Phi) is 5.37. The van der Waals surface area contributed by atoms with E-state index in [0.717, 1.165) is 29.5 Å². The highest BCUT2D eigenvalue weighted by Crippen LogP contribution is 2.37. The lowest BCUT2D eigenvalue weighted by atomic mass is 10.0. The van der Waals surface area contributed by atoms with Gasteiger partial charge >= 0.3 is 0 Å². The first-order valence-corrected chi connectivity index (χ1v) is 12.2. The van der Waals surface area contributed by atoms with Gasteiger partial charge in [-0.05, 0) is 50.3 Å². The van der Waals surface area contributed by atoms with Crippen LogP contribution in [0.15, 0.2) is 59.9 Å². The SMILES string of the molecule is Cc1nn2cccnc2c1C(=O)N[C@H](C)c1cc2cccc(C#Cc3cnn(C)c3)c2c(=O)n1C1CC1. The lowest BCUT2D eigenvalue weighted by molar-refractivity contribution is 0.0939. The third-order valence-electron chi connectivity index (χ3n) is 6.66. The number of aromatic nitrogens is 6. The topological polar surface area (TPSA) is 99.1 Å². The molecule has 9 nitrogen and oxygen atoms in total. The molecule has 0 bridgehead atoms. The Morgan fingerprint density at radius 2 is 2.05 bits per heavy atom. The van der Waals surface area contributed by atoms with E-state index in [4.69, 9.17) is 0 Å². The monoisotopic (exact) mass is 491 g/mol. The standard InChI is InChI=1S/C28H25N7O2/c1-17(31-27(36)24-18(2)32-34-13-5-12-29-26(24)34)23-14-21-7-4-6-20(9-8-19-15-30-33(3)16-19)25(21)28(37)35(23)22-10-11-22/h4-7,12-17,22H,10-11H2,1-3H3,(H,31,36)/t17-/m1/s1. The summed E-state index contributed by atoms with van der Waals surface area (Å²) in [5.41, 5.74) is 3.68. The van der Waals surface area contributed by atoms with Crippen molar-refractivity contribution in [1.29, 1.82) is 0 Å². The number of hydrogen-bond acceptors (Lipinski definition) is 5. The molecule has 0 spiro atoms. The van der Waals surface area contributed by atoms with Crippen molar-refractivity contribution in [3.05, 3.63) is 93.6 Å². The van der Waals surface area contributed by atoms with Gasteiger partial charge < -0.3 is 9.88 Å². The van der Waals surface area contributed by atoms with Gasteiger partial charge in [0.1, 0.15) is 5.56 Å². The number of rotatable bonds is 4. The van der Waals surface area contributed by atoms with Crippen molar-refractivity contribution >= 4 is 22.3 Å². The second kappa shape index (κ2) is 8.75. The summed E-state index contributed by atoms with van der Waals surface area (Å²) in [5.74, 6) is 6.00. The van der Waals surface area contributed by atoms with E-state index in [1.807, 2.05) is 49.0 Å².